The van der Waals surface area contributed by atoms with Crippen LogP contribution in [0.4, 0.5) is 8.78 Å². The Labute approximate surface area is 225 Å². The monoisotopic (exact) mass is 544 g/mol. The van der Waals surface area contributed by atoms with Crippen molar-refractivity contribution in [1.82, 2.24) is 9.88 Å². The third-order valence-corrected chi connectivity index (χ3v) is 8.65. The molecule has 2 fully saturated rings. The van der Waals surface area contributed by atoms with Crippen LogP contribution in [-0.4, -0.2) is 52.3 Å². The molecule has 2 aromatic carbocycles. The van der Waals surface area contributed by atoms with E-state index in [0.717, 1.165) is 18.7 Å². The molecule has 0 amide bonds. The van der Waals surface area contributed by atoms with Gasteiger partial charge >= 0.3 is 5.97 Å². The zero-order chi connectivity index (χ0) is 27.0. The van der Waals surface area contributed by atoms with Crippen molar-refractivity contribution < 1.29 is 28.5 Å². The Morgan fingerprint density at radius 2 is 2.03 bits per heavy atom. The molecule has 0 radical (unpaired) electrons. The number of aliphatic carboxylic acids is 1. The van der Waals surface area contributed by atoms with Gasteiger partial charge in [0.1, 0.15) is 17.4 Å². The van der Waals surface area contributed by atoms with Crippen molar-refractivity contribution in [3.63, 3.8) is 0 Å². The van der Waals surface area contributed by atoms with E-state index in [2.05, 4.69) is 9.88 Å². The Morgan fingerprint density at radius 3 is 2.76 bits per heavy atom. The lowest BCUT2D eigenvalue weighted by atomic mass is 9.73. The topological polar surface area (TPSA) is 82.9 Å². The molecule has 3 aromatic rings. The Kier molecular flexibility index (Phi) is 7.84. The number of aliphatic hydroxyl groups excluding tert-OH is 1. The fraction of sp³-hybridized carbons (Fsp3) is 0.448. The van der Waals surface area contributed by atoms with Gasteiger partial charge in [0.25, 0.3) is 0 Å². The summed E-state index contributed by atoms with van der Waals surface area (Å²) in [7, 11) is 1.57. The van der Waals surface area contributed by atoms with Gasteiger partial charge in [-0.15, -0.1) is 0 Å². The summed E-state index contributed by atoms with van der Waals surface area (Å²) in [5.74, 6) is -1.76. The minimum absolute atomic E-state index is 0.0505. The molecule has 2 aliphatic rings. The summed E-state index contributed by atoms with van der Waals surface area (Å²) < 4.78 is 33.1. The lowest BCUT2D eigenvalue weighted by Gasteiger charge is -2.47. The lowest BCUT2D eigenvalue weighted by Crippen LogP contribution is -2.52. The van der Waals surface area contributed by atoms with Crippen molar-refractivity contribution in [3.8, 4) is 5.75 Å². The quantitative estimate of drug-likeness (QED) is 0.364. The fourth-order valence-electron chi connectivity index (χ4n) is 6.10. The van der Waals surface area contributed by atoms with Crippen molar-refractivity contribution in [1.29, 1.82) is 0 Å². The number of fused-ring (bicyclic) bond motifs is 1. The van der Waals surface area contributed by atoms with Crippen LogP contribution in [0, 0.1) is 23.5 Å². The van der Waals surface area contributed by atoms with E-state index in [1.807, 2.05) is 6.07 Å². The zero-order valence-corrected chi connectivity index (χ0v) is 21.9. The number of ether oxygens (including phenoxy) is 1. The van der Waals surface area contributed by atoms with E-state index in [1.165, 1.54) is 12.3 Å². The van der Waals surface area contributed by atoms with Gasteiger partial charge in [-0.1, -0.05) is 11.6 Å². The van der Waals surface area contributed by atoms with Gasteiger partial charge < -0.3 is 14.9 Å². The standard InChI is InChI=1S/C29H31ClF2N2O4/c1-38-20-4-6-26-22(13-20)28(24(30)14-33-26)27(35)7-2-16-8-9-34(15-23(16)29(36)37)19-10-17(11-19)21-12-18(31)3-5-25(21)32/h3-6,12-14,16-17,19,23,27,35H,2,7-11,15H2,1H3,(H,36,37)/t16-,17?,19?,23+,27?/m1/s1. The molecule has 1 saturated heterocycles. The molecule has 6 nitrogen and oxygen atoms in total. The third kappa shape index (κ3) is 5.35. The van der Waals surface area contributed by atoms with Crippen molar-refractivity contribution in [2.45, 2.75) is 50.2 Å². The first-order chi connectivity index (χ1) is 18.2. The van der Waals surface area contributed by atoms with Gasteiger partial charge in [-0.2, -0.15) is 0 Å². The number of aromatic nitrogens is 1. The normalized spacial score (nSPS) is 24.7. The number of methoxy groups -OCH3 is 1. The van der Waals surface area contributed by atoms with E-state index in [1.54, 1.807) is 19.2 Å². The highest BCUT2D eigenvalue weighted by Gasteiger charge is 2.41. The SMILES string of the molecule is COc1ccc2ncc(Cl)c(C(O)CC[C@@H]3CCN(C4CC(c5cc(F)ccc5F)C4)C[C@@H]3C(=O)O)c2c1. The van der Waals surface area contributed by atoms with Crippen molar-refractivity contribution in [2.75, 3.05) is 20.2 Å². The Hall–Kier alpha value is -2.81. The number of hydrogen-bond donors (Lipinski definition) is 2. The van der Waals surface area contributed by atoms with E-state index in [4.69, 9.17) is 16.3 Å². The number of carboxylic acid groups (broad SMARTS) is 1. The largest absolute Gasteiger partial charge is 0.497 e. The Morgan fingerprint density at radius 1 is 1.24 bits per heavy atom. The first-order valence-corrected chi connectivity index (χ1v) is 13.3. The minimum atomic E-state index is -0.874. The molecule has 1 aromatic heterocycles. The molecule has 0 bridgehead atoms. The van der Waals surface area contributed by atoms with E-state index in [-0.39, 0.29) is 17.9 Å². The fourth-order valence-corrected chi connectivity index (χ4v) is 6.38. The number of nitrogens with zero attached hydrogens (tertiary/aromatic N) is 2. The van der Waals surface area contributed by atoms with Crippen LogP contribution in [0.1, 0.15) is 55.3 Å². The van der Waals surface area contributed by atoms with Crippen LogP contribution in [0.2, 0.25) is 5.02 Å². The summed E-state index contributed by atoms with van der Waals surface area (Å²) in [6.07, 6.45) is 3.63. The molecule has 0 spiro atoms. The van der Waals surface area contributed by atoms with Crippen LogP contribution in [0.25, 0.3) is 10.9 Å². The average Bonchev–Trinajstić information content (AvgIpc) is 2.88. The molecule has 2 N–H and O–H groups in total. The molecule has 38 heavy (non-hydrogen) atoms. The van der Waals surface area contributed by atoms with Crippen molar-refractivity contribution in [3.05, 3.63) is 70.4 Å². The van der Waals surface area contributed by atoms with Crippen LogP contribution in [0.15, 0.2) is 42.6 Å². The summed E-state index contributed by atoms with van der Waals surface area (Å²) in [4.78, 5) is 18.7. The number of hydrogen-bond acceptors (Lipinski definition) is 5. The van der Waals surface area contributed by atoms with Gasteiger partial charge in [0, 0.05) is 29.7 Å². The first kappa shape index (κ1) is 26.8. The van der Waals surface area contributed by atoms with Gasteiger partial charge in [0.2, 0.25) is 0 Å². The number of carbonyl (C=O) groups is 1. The molecular weight excluding hydrogens is 514 g/mol. The highest BCUT2D eigenvalue weighted by atomic mass is 35.5. The predicted molar refractivity (Wildman–Crippen MR) is 140 cm³/mol. The van der Waals surface area contributed by atoms with Crippen LogP contribution in [0.5, 0.6) is 5.75 Å². The van der Waals surface area contributed by atoms with Gasteiger partial charge in [-0.3, -0.25) is 14.7 Å². The highest BCUT2D eigenvalue weighted by molar-refractivity contribution is 6.32. The smallest absolute Gasteiger partial charge is 0.308 e. The summed E-state index contributed by atoms with van der Waals surface area (Å²) >= 11 is 6.44. The van der Waals surface area contributed by atoms with E-state index in [0.29, 0.717) is 71.5 Å². The Balaban J connectivity index is 1.22. The molecule has 9 heteroatoms. The predicted octanol–water partition coefficient (Wildman–Crippen LogP) is 5.96. The van der Waals surface area contributed by atoms with E-state index in [9.17, 15) is 23.8 Å². The maximum absolute atomic E-state index is 14.2. The summed E-state index contributed by atoms with van der Waals surface area (Å²) in [5, 5.41) is 22.2. The number of carboxylic acids is 1. The molecule has 1 unspecified atom stereocenters. The van der Waals surface area contributed by atoms with Gasteiger partial charge in [-0.25, -0.2) is 8.78 Å². The molecule has 1 aliphatic carbocycles. The van der Waals surface area contributed by atoms with Gasteiger partial charge in [-0.05, 0) is 92.4 Å². The van der Waals surface area contributed by atoms with Crippen LogP contribution in [0.3, 0.4) is 0 Å². The molecule has 2 heterocycles. The maximum Gasteiger partial charge on any atom is 0.308 e. The molecule has 3 atom stereocenters. The summed E-state index contributed by atoms with van der Waals surface area (Å²) in [6, 6.07) is 9.11. The number of benzene rings is 2. The lowest BCUT2D eigenvalue weighted by molar-refractivity contribution is -0.147. The summed E-state index contributed by atoms with van der Waals surface area (Å²) in [6.45, 7) is 1.15. The van der Waals surface area contributed by atoms with E-state index < -0.39 is 29.6 Å². The number of aliphatic hydroxyl groups is 1. The van der Waals surface area contributed by atoms with Crippen molar-refractivity contribution in [2.24, 2.45) is 11.8 Å². The summed E-state index contributed by atoms with van der Waals surface area (Å²) in [5.41, 5.74) is 1.67. The second kappa shape index (κ2) is 11.1. The number of likely N-dealkylation sites (tertiary alicyclic amines) is 1. The van der Waals surface area contributed by atoms with Gasteiger partial charge in [0.15, 0.2) is 0 Å². The molecule has 202 valence electrons. The molecule has 5 rings (SSSR count). The number of pyridine rings is 1. The first-order valence-electron chi connectivity index (χ1n) is 13.0. The number of piperidine rings is 1. The average molecular weight is 545 g/mol. The second-order valence-corrected chi connectivity index (χ2v) is 10.9. The van der Waals surface area contributed by atoms with Crippen molar-refractivity contribution >= 4 is 28.5 Å². The van der Waals surface area contributed by atoms with Crippen LogP contribution in [-0.2, 0) is 4.79 Å². The number of halogens is 3. The Bertz CT molecular complexity index is 1330. The highest BCUT2D eigenvalue weighted by Crippen LogP contribution is 2.43. The molecular formula is C29H31ClF2N2O4. The van der Waals surface area contributed by atoms with Crippen LogP contribution >= 0.6 is 11.6 Å². The molecule has 1 saturated carbocycles. The second-order valence-electron chi connectivity index (χ2n) is 10.5. The van der Waals surface area contributed by atoms with E-state index >= 15 is 0 Å². The van der Waals surface area contributed by atoms with Gasteiger partial charge in [0.05, 0.1) is 29.7 Å². The minimum Gasteiger partial charge on any atom is -0.497 e. The maximum atomic E-state index is 14.2. The van der Waals surface area contributed by atoms with Crippen LogP contribution < -0.4 is 4.74 Å². The number of rotatable bonds is 8. The molecule has 1 aliphatic heterocycles. The third-order valence-electron chi connectivity index (χ3n) is 8.34. The zero-order valence-electron chi connectivity index (χ0n) is 21.1.